The summed E-state index contributed by atoms with van der Waals surface area (Å²) in [7, 11) is 0. The van der Waals surface area contributed by atoms with Crippen LogP contribution >= 0.6 is 11.3 Å². The van der Waals surface area contributed by atoms with Crippen molar-refractivity contribution >= 4 is 17.2 Å². The SMILES string of the molecule is CC[C@H](NC(=O)[C@H](C)n1cncn1)c1nc(C(F)(F)F)cs1. The molecule has 0 aliphatic heterocycles. The Morgan fingerprint density at radius 1 is 1.50 bits per heavy atom. The predicted octanol–water partition coefficient (Wildman–Crippen LogP) is 2.58. The molecule has 2 rings (SSSR count). The summed E-state index contributed by atoms with van der Waals surface area (Å²) in [5.74, 6) is -0.360. The lowest BCUT2D eigenvalue weighted by molar-refractivity contribution is -0.140. The Labute approximate surface area is 128 Å². The van der Waals surface area contributed by atoms with Crippen molar-refractivity contribution < 1.29 is 18.0 Å². The van der Waals surface area contributed by atoms with Crippen LogP contribution in [0.2, 0.25) is 0 Å². The molecule has 2 atom stereocenters. The van der Waals surface area contributed by atoms with Crippen molar-refractivity contribution in [1.82, 2.24) is 25.1 Å². The summed E-state index contributed by atoms with van der Waals surface area (Å²) in [6, 6.07) is -1.18. The lowest BCUT2D eigenvalue weighted by Crippen LogP contribution is -2.34. The average Bonchev–Trinajstić information content (AvgIpc) is 3.13. The van der Waals surface area contributed by atoms with E-state index in [0.717, 1.165) is 16.7 Å². The van der Waals surface area contributed by atoms with Gasteiger partial charge in [0.05, 0.1) is 6.04 Å². The van der Waals surface area contributed by atoms with E-state index in [0.29, 0.717) is 6.42 Å². The van der Waals surface area contributed by atoms with Crippen molar-refractivity contribution in [3.8, 4) is 0 Å². The number of aromatic nitrogens is 4. The highest BCUT2D eigenvalue weighted by molar-refractivity contribution is 7.09. The summed E-state index contributed by atoms with van der Waals surface area (Å²) < 4.78 is 39.1. The van der Waals surface area contributed by atoms with Crippen LogP contribution in [0.5, 0.6) is 0 Å². The van der Waals surface area contributed by atoms with Gasteiger partial charge in [0, 0.05) is 5.38 Å². The summed E-state index contributed by atoms with van der Waals surface area (Å²) in [5.41, 5.74) is -0.940. The first-order valence-electron chi connectivity index (χ1n) is 6.50. The highest BCUT2D eigenvalue weighted by Crippen LogP contribution is 2.32. The molecular formula is C12H14F3N5OS. The van der Waals surface area contributed by atoms with Crippen LogP contribution in [0, 0.1) is 0 Å². The standard InChI is InChI=1S/C12H14F3N5OS/c1-3-8(11-19-9(4-22-11)12(13,14)15)18-10(21)7(2)20-6-16-5-17-20/h4-8H,3H2,1-2H3,(H,18,21)/t7-,8-/m0/s1. The van der Waals surface area contributed by atoms with Crippen LogP contribution in [0.4, 0.5) is 13.2 Å². The highest BCUT2D eigenvalue weighted by Gasteiger charge is 2.34. The second-order valence-electron chi connectivity index (χ2n) is 4.59. The molecule has 0 saturated carbocycles. The summed E-state index contributed by atoms with van der Waals surface area (Å²) in [6.07, 6.45) is -1.35. The fourth-order valence-corrected chi connectivity index (χ4v) is 2.71. The fraction of sp³-hybridized carbons (Fsp3) is 0.500. The van der Waals surface area contributed by atoms with Gasteiger partial charge in [0.15, 0.2) is 5.69 Å². The van der Waals surface area contributed by atoms with E-state index in [4.69, 9.17) is 0 Å². The maximum Gasteiger partial charge on any atom is 0.434 e. The minimum Gasteiger partial charge on any atom is -0.345 e. The van der Waals surface area contributed by atoms with Gasteiger partial charge in [-0.2, -0.15) is 18.3 Å². The Balaban J connectivity index is 2.09. The van der Waals surface area contributed by atoms with Crippen molar-refractivity contribution in [3.05, 3.63) is 28.7 Å². The normalized spacial score (nSPS) is 14.6. The number of hydrogen-bond donors (Lipinski definition) is 1. The second kappa shape index (κ2) is 6.42. The molecule has 1 N–H and O–H groups in total. The van der Waals surface area contributed by atoms with Crippen LogP contribution in [0.25, 0.3) is 0 Å². The third-order valence-corrected chi connectivity index (χ3v) is 4.01. The van der Waals surface area contributed by atoms with Crippen LogP contribution in [0.15, 0.2) is 18.0 Å². The van der Waals surface area contributed by atoms with Crippen molar-refractivity contribution in [1.29, 1.82) is 0 Å². The average molecular weight is 333 g/mol. The van der Waals surface area contributed by atoms with E-state index in [1.807, 2.05) is 0 Å². The Morgan fingerprint density at radius 3 is 2.73 bits per heavy atom. The number of thiazole rings is 1. The zero-order chi connectivity index (χ0) is 16.3. The van der Waals surface area contributed by atoms with Crippen molar-refractivity contribution in [2.24, 2.45) is 0 Å². The molecule has 0 aliphatic rings. The Hall–Kier alpha value is -1.97. The number of carbonyl (C=O) groups excluding carboxylic acids is 1. The topological polar surface area (TPSA) is 72.7 Å². The molecule has 10 heteroatoms. The third-order valence-electron chi connectivity index (χ3n) is 3.05. The molecule has 2 aromatic rings. The molecule has 120 valence electrons. The lowest BCUT2D eigenvalue weighted by Gasteiger charge is -2.18. The van der Waals surface area contributed by atoms with Crippen molar-refractivity contribution in [2.75, 3.05) is 0 Å². The smallest absolute Gasteiger partial charge is 0.345 e. The van der Waals surface area contributed by atoms with Gasteiger partial charge in [0.1, 0.15) is 23.7 Å². The van der Waals surface area contributed by atoms with E-state index >= 15 is 0 Å². The molecule has 0 unspecified atom stereocenters. The van der Waals surface area contributed by atoms with Crippen LogP contribution in [0.1, 0.15) is 43.1 Å². The minimum atomic E-state index is -4.48. The first kappa shape index (κ1) is 16.4. The largest absolute Gasteiger partial charge is 0.434 e. The number of nitrogens with zero attached hydrogens (tertiary/aromatic N) is 4. The minimum absolute atomic E-state index is 0.231. The van der Waals surface area contributed by atoms with Gasteiger partial charge in [-0.1, -0.05) is 6.92 Å². The third kappa shape index (κ3) is 3.62. The molecule has 2 heterocycles. The predicted molar refractivity (Wildman–Crippen MR) is 73.0 cm³/mol. The van der Waals surface area contributed by atoms with Gasteiger partial charge in [-0.3, -0.25) is 4.79 Å². The van der Waals surface area contributed by atoms with Gasteiger partial charge in [0.25, 0.3) is 0 Å². The van der Waals surface area contributed by atoms with E-state index in [1.54, 1.807) is 13.8 Å². The first-order valence-corrected chi connectivity index (χ1v) is 7.38. The van der Waals surface area contributed by atoms with E-state index in [-0.39, 0.29) is 10.9 Å². The number of halogens is 3. The molecule has 0 saturated heterocycles. The molecule has 0 bridgehead atoms. The second-order valence-corrected chi connectivity index (χ2v) is 5.48. The molecule has 0 fully saturated rings. The zero-order valence-electron chi connectivity index (χ0n) is 11.8. The Kier molecular flexibility index (Phi) is 4.79. The molecule has 2 aromatic heterocycles. The highest BCUT2D eigenvalue weighted by atomic mass is 32.1. The van der Waals surface area contributed by atoms with Gasteiger partial charge < -0.3 is 5.32 Å². The maximum absolute atomic E-state index is 12.6. The van der Waals surface area contributed by atoms with Gasteiger partial charge in [-0.15, -0.1) is 11.3 Å². The number of amides is 1. The van der Waals surface area contributed by atoms with E-state index in [2.05, 4.69) is 20.4 Å². The number of alkyl halides is 3. The molecule has 22 heavy (non-hydrogen) atoms. The molecule has 6 nitrogen and oxygen atoms in total. The van der Waals surface area contributed by atoms with Crippen LogP contribution < -0.4 is 5.32 Å². The molecular weight excluding hydrogens is 319 g/mol. The monoisotopic (exact) mass is 333 g/mol. The molecule has 0 aliphatic carbocycles. The van der Waals surface area contributed by atoms with Gasteiger partial charge in [-0.05, 0) is 13.3 Å². The van der Waals surface area contributed by atoms with Crippen LogP contribution in [0.3, 0.4) is 0 Å². The van der Waals surface area contributed by atoms with E-state index in [9.17, 15) is 18.0 Å². The van der Waals surface area contributed by atoms with E-state index < -0.39 is 24.0 Å². The Bertz CT molecular complexity index is 625. The molecule has 0 spiro atoms. The number of nitrogens with one attached hydrogen (secondary N) is 1. The zero-order valence-corrected chi connectivity index (χ0v) is 12.6. The first-order chi connectivity index (χ1) is 10.3. The number of hydrogen-bond acceptors (Lipinski definition) is 5. The fourth-order valence-electron chi connectivity index (χ4n) is 1.75. The summed E-state index contributed by atoms with van der Waals surface area (Å²) >= 11 is 0.880. The van der Waals surface area contributed by atoms with Crippen LogP contribution in [-0.2, 0) is 11.0 Å². The lowest BCUT2D eigenvalue weighted by atomic mass is 10.2. The van der Waals surface area contributed by atoms with Crippen molar-refractivity contribution in [3.63, 3.8) is 0 Å². The molecule has 1 amide bonds. The molecule has 0 radical (unpaired) electrons. The summed E-state index contributed by atoms with van der Waals surface area (Å²) in [6.45, 7) is 3.39. The van der Waals surface area contributed by atoms with Gasteiger partial charge >= 0.3 is 6.18 Å². The van der Waals surface area contributed by atoms with Crippen molar-refractivity contribution in [2.45, 2.75) is 38.5 Å². The molecule has 0 aromatic carbocycles. The summed E-state index contributed by atoms with van der Waals surface area (Å²) in [4.78, 5) is 19.5. The van der Waals surface area contributed by atoms with Crippen LogP contribution in [-0.4, -0.2) is 25.7 Å². The van der Waals surface area contributed by atoms with Gasteiger partial charge in [0.2, 0.25) is 5.91 Å². The van der Waals surface area contributed by atoms with E-state index in [1.165, 1.54) is 17.3 Å². The quantitative estimate of drug-likeness (QED) is 0.913. The Morgan fingerprint density at radius 2 is 2.23 bits per heavy atom. The number of rotatable bonds is 5. The maximum atomic E-state index is 12.6. The van der Waals surface area contributed by atoms with Gasteiger partial charge in [-0.25, -0.2) is 14.6 Å². The summed E-state index contributed by atoms with van der Waals surface area (Å²) in [5, 5.41) is 7.73. The number of carbonyl (C=O) groups is 1.